The first-order valence-corrected chi connectivity index (χ1v) is 9.56. The van der Waals surface area contributed by atoms with Gasteiger partial charge >= 0.3 is 5.97 Å². The number of amides is 1. The number of hydrogen-bond acceptors (Lipinski definition) is 4. The SMILES string of the molecule is COc1ccc(C(=O)O)c(OCC(=O)N(Cc2ccccc2)Cc2cccc(F)c2)c1. The molecule has 3 rings (SSSR count). The van der Waals surface area contributed by atoms with E-state index in [4.69, 9.17) is 9.47 Å². The molecule has 0 saturated carbocycles. The molecule has 0 aliphatic carbocycles. The Morgan fingerprint density at radius 2 is 1.65 bits per heavy atom. The number of carboxylic acid groups (broad SMARTS) is 1. The summed E-state index contributed by atoms with van der Waals surface area (Å²) in [5, 5.41) is 9.37. The van der Waals surface area contributed by atoms with E-state index in [9.17, 15) is 19.1 Å². The third kappa shape index (κ3) is 6.05. The molecule has 160 valence electrons. The topological polar surface area (TPSA) is 76.1 Å². The number of benzene rings is 3. The van der Waals surface area contributed by atoms with Gasteiger partial charge in [0, 0.05) is 19.2 Å². The van der Waals surface area contributed by atoms with E-state index in [0.29, 0.717) is 17.9 Å². The molecule has 0 atom stereocenters. The summed E-state index contributed by atoms with van der Waals surface area (Å²) in [4.78, 5) is 26.0. The van der Waals surface area contributed by atoms with Crippen LogP contribution in [-0.4, -0.2) is 35.6 Å². The number of aromatic carboxylic acids is 1. The fraction of sp³-hybridized carbons (Fsp3) is 0.167. The summed E-state index contributed by atoms with van der Waals surface area (Å²) >= 11 is 0. The van der Waals surface area contributed by atoms with E-state index in [1.165, 1.54) is 42.3 Å². The molecule has 1 N–H and O–H groups in total. The van der Waals surface area contributed by atoms with Crippen LogP contribution in [0.1, 0.15) is 21.5 Å². The Morgan fingerprint density at radius 3 is 2.32 bits per heavy atom. The normalized spacial score (nSPS) is 10.4. The Balaban J connectivity index is 1.79. The number of carboxylic acids is 1. The van der Waals surface area contributed by atoms with E-state index in [2.05, 4.69) is 0 Å². The number of methoxy groups -OCH3 is 1. The van der Waals surface area contributed by atoms with Gasteiger partial charge in [-0.25, -0.2) is 9.18 Å². The molecule has 31 heavy (non-hydrogen) atoms. The van der Waals surface area contributed by atoms with Crippen molar-refractivity contribution >= 4 is 11.9 Å². The van der Waals surface area contributed by atoms with Crippen LogP contribution in [0.15, 0.2) is 72.8 Å². The Hall–Kier alpha value is -3.87. The maximum Gasteiger partial charge on any atom is 0.339 e. The first-order valence-electron chi connectivity index (χ1n) is 9.56. The van der Waals surface area contributed by atoms with Crippen LogP contribution in [0, 0.1) is 5.82 Å². The highest BCUT2D eigenvalue weighted by molar-refractivity contribution is 5.91. The monoisotopic (exact) mass is 423 g/mol. The van der Waals surface area contributed by atoms with Crippen LogP contribution in [0.3, 0.4) is 0 Å². The number of rotatable bonds is 9. The minimum Gasteiger partial charge on any atom is -0.497 e. The number of halogens is 1. The molecule has 0 spiro atoms. The van der Waals surface area contributed by atoms with Gasteiger partial charge in [-0.2, -0.15) is 0 Å². The first-order chi connectivity index (χ1) is 15.0. The maximum atomic E-state index is 13.6. The van der Waals surface area contributed by atoms with Crippen molar-refractivity contribution in [1.82, 2.24) is 4.90 Å². The number of nitrogens with zero attached hydrogens (tertiary/aromatic N) is 1. The molecule has 3 aromatic carbocycles. The average molecular weight is 423 g/mol. The van der Waals surface area contributed by atoms with Gasteiger partial charge in [-0.15, -0.1) is 0 Å². The van der Waals surface area contributed by atoms with Crippen molar-refractivity contribution in [3.05, 3.63) is 95.3 Å². The van der Waals surface area contributed by atoms with Crippen LogP contribution in [0.2, 0.25) is 0 Å². The molecule has 0 aromatic heterocycles. The van der Waals surface area contributed by atoms with Gasteiger partial charge in [0.15, 0.2) is 6.61 Å². The van der Waals surface area contributed by atoms with Crippen LogP contribution in [0.5, 0.6) is 11.5 Å². The molecule has 0 bridgehead atoms. The lowest BCUT2D eigenvalue weighted by atomic mass is 10.1. The van der Waals surface area contributed by atoms with Crippen molar-refractivity contribution < 1.29 is 28.6 Å². The molecule has 3 aromatic rings. The highest BCUT2D eigenvalue weighted by atomic mass is 19.1. The van der Waals surface area contributed by atoms with Gasteiger partial charge in [-0.3, -0.25) is 4.79 Å². The summed E-state index contributed by atoms with van der Waals surface area (Å²) < 4.78 is 24.3. The third-order valence-corrected chi connectivity index (χ3v) is 4.60. The summed E-state index contributed by atoms with van der Waals surface area (Å²) in [5.74, 6) is -1.49. The van der Waals surface area contributed by atoms with Crippen LogP contribution < -0.4 is 9.47 Å². The molecule has 7 heteroatoms. The lowest BCUT2D eigenvalue weighted by Gasteiger charge is -2.23. The smallest absolute Gasteiger partial charge is 0.339 e. The van der Waals surface area contributed by atoms with Crippen molar-refractivity contribution in [2.24, 2.45) is 0 Å². The third-order valence-electron chi connectivity index (χ3n) is 4.60. The van der Waals surface area contributed by atoms with Crippen LogP contribution >= 0.6 is 0 Å². The number of ether oxygens (including phenoxy) is 2. The predicted molar refractivity (Wildman–Crippen MR) is 113 cm³/mol. The summed E-state index contributed by atoms with van der Waals surface area (Å²) in [5.41, 5.74) is 1.46. The Bertz CT molecular complexity index is 1050. The molecule has 0 aliphatic heterocycles. The van der Waals surface area contributed by atoms with E-state index in [1.807, 2.05) is 30.3 Å². The van der Waals surface area contributed by atoms with Gasteiger partial charge in [0.1, 0.15) is 22.9 Å². The number of carbonyl (C=O) groups is 2. The van der Waals surface area contributed by atoms with Gasteiger partial charge in [0.25, 0.3) is 5.91 Å². The lowest BCUT2D eigenvalue weighted by Crippen LogP contribution is -2.34. The number of hydrogen-bond donors (Lipinski definition) is 1. The highest BCUT2D eigenvalue weighted by Gasteiger charge is 2.18. The van der Waals surface area contributed by atoms with E-state index >= 15 is 0 Å². The molecule has 6 nitrogen and oxygen atoms in total. The van der Waals surface area contributed by atoms with E-state index < -0.39 is 5.97 Å². The van der Waals surface area contributed by atoms with E-state index in [1.54, 1.807) is 12.1 Å². The molecule has 0 unspecified atom stereocenters. The minimum absolute atomic E-state index is 0.0330. The minimum atomic E-state index is -1.17. The standard InChI is InChI=1S/C24H22FNO5/c1-30-20-10-11-21(24(28)29)22(13-20)31-16-23(27)26(14-17-6-3-2-4-7-17)15-18-8-5-9-19(25)12-18/h2-13H,14-16H2,1H3,(H,28,29). The Morgan fingerprint density at radius 1 is 0.935 bits per heavy atom. The van der Waals surface area contributed by atoms with Crippen LogP contribution in [-0.2, 0) is 17.9 Å². The fourth-order valence-corrected chi connectivity index (χ4v) is 3.05. The zero-order chi connectivity index (χ0) is 22.2. The zero-order valence-corrected chi connectivity index (χ0v) is 17.0. The number of carbonyl (C=O) groups excluding carboxylic acids is 1. The molecule has 1 amide bonds. The van der Waals surface area contributed by atoms with Gasteiger partial charge in [0.2, 0.25) is 0 Å². The summed E-state index contributed by atoms with van der Waals surface area (Å²) in [6.07, 6.45) is 0. The summed E-state index contributed by atoms with van der Waals surface area (Å²) in [6, 6.07) is 19.7. The van der Waals surface area contributed by atoms with E-state index in [-0.39, 0.29) is 36.2 Å². The molecule has 0 radical (unpaired) electrons. The van der Waals surface area contributed by atoms with Crippen molar-refractivity contribution in [1.29, 1.82) is 0 Å². The predicted octanol–water partition coefficient (Wildman–Crippen LogP) is 4.14. The molecular formula is C24H22FNO5. The second-order valence-corrected chi connectivity index (χ2v) is 6.82. The molecule has 0 aliphatic rings. The van der Waals surface area contributed by atoms with Gasteiger partial charge < -0.3 is 19.5 Å². The lowest BCUT2D eigenvalue weighted by molar-refractivity contribution is -0.134. The molecule has 0 saturated heterocycles. The molecule has 0 heterocycles. The largest absolute Gasteiger partial charge is 0.497 e. The van der Waals surface area contributed by atoms with E-state index in [0.717, 1.165) is 5.56 Å². The average Bonchev–Trinajstić information content (AvgIpc) is 2.77. The molecule has 0 fully saturated rings. The van der Waals surface area contributed by atoms with Crippen molar-refractivity contribution in [3.8, 4) is 11.5 Å². The summed E-state index contributed by atoms with van der Waals surface area (Å²) in [6.45, 7) is 0.0950. The fourth-order valence-electron chi connectivity index (χ4n) is 3.05. The van der Waals surface area contributed by atoms with Gasteiger partial charge in [-0.05, 0) is 35.4 Å². The second kappa shape index (κ2) is 10.2. The molecular weight excluding hydrogens is 401 g/mol. The van der Waals surface area contributed by atoms with Crippen molar-refractivity contribution in [2.75, 3.05) is 13.7 Å². The Kier molecular flexibility index (Phi) is 7.22. The van der Waals surface area contributed by atoms with Crippen LogP contribution in [0.25, 0.3) is 0 Å². The maximum absolute atomic E-state index is 13.6. The van der Waals surface area contributed by atoms with Crippen molar-refractivity contribution in [3.63, 3.8) is 0 Å². The second-order valence-electron chi connectivity index (χ2n) is 6.82. The van der Waals surface area contributed by atoms with Gasteiger partial charge in [0.05, 0.1) is 7.11 Å². The first kappa shape index (κ1) is 21.8. The van der Waals surface area contributed by atoms with Gasteiger partial charge in [-0.1, -0.05) is 42.5 Å². The summed E-state index contributed by atoms with van der Waals surface area (Å²) in [7, 11) is 1.45. The zero-order valence-electron chi connectivity index (χ0n) is 17.0. The van der Waals surface area contributed by atoms with Crippen LogP contribution in [0.4, 0.5) is 4.39 Å². The highest BCUT2D eigenvalue weighted by Crippen LogP contribution is 2.25. The Labute approximate surface area is 179 Å². The van der Waals surface area contributed by atoms with Crippen molar-refractivity contribution in [2.45, 2.75) is 13.1 Å². The quantitative estimate of drug-likeness (QED) is 0.560.